The van der Waals surface area contributed by atoms with E-state index in [0.29, 0.717) is 0 Å². The van der Waals surface area contributed by atoms with Crippen LogP contribution in [0.5, 0.6) is 0 Å². The number of thiophene rings is 1. The molecule has 0 aliphatic heterocycles. The van der Waals surface area contributed by atoms with Gasteiger partial charge in [-0.15, -0.1) is 23.7 Å². The normalized spacial score (nSPS) is 12.3. The van der Waals surface area contributed by atoms with Gasteiger partial charge in [0.25, 0.3) is 0 Å². The topological polar surface area (TPSA) is 46.2 Å². The van der Waals surface area contributed by atoms with Gasteiger partial charge in [-0.1, -0.05) is 0 Å². The molecule has 0 bridgehead atoms. The monoisotopic (exact) mass is 221 g/mol. The van der Waals surface area contributed by atoms with Crippen molar-refractivity contribution in [1.29, 1.82) is 0 Å². The molecule has 3 N–H and O–H groups in total. The van der Waals surface area contributed by atoms with Gasteiger partial charge in [-0.3, -0.25) is 0 Å². The number of aryl methyl sites for hydroxylation is 2. The first-order valence-corrected chi connectivity index (χ1v) is 4.87. The number of nitrogens with two attached hydrogens (primary N) is 1. The van der Waals surface area contributed by atoms with E-state index >= 15 is 0 Å². The SMILES string of the molecule is Cc1cc(CC(N)CO)sc1C.Cl. The second-order valence-electron chi connectivity index (χ2n) is 3.10. The highest BCUT2D eigenvalue weighted by molar-refractivity contribution is 7.12. The average molecular weight is 222 g/mol. The highest BCUT2D eigenvalue weighted by Crippen LogP contribution is 2.21. The summed E-state index contributed by atoms with van der Waals surface area (Å²) in [5.74, 6) is 0. The van der Waals surface area contributed by atoms with E-state index in [0.717, 1.165) is 6.42 Å². The van der Waals surface area contributed by atoms with Crippen LogP contribution >= 0.6 is 23.7 Å². The van der Waals surface area contributed by atoms with Crippen molar-refractivity contribution in [2.24, 2.45) is 5.73 Å². The first-order chi connectivity index (χ1) is 5.63. The third-order valence-electron chi connectivity index (χ3n) is 1.91. The van der Waals surface area contributed by atoms with Crippen molar-refractivity contribution >= 4 is 23.7 Å². The quantitative estimate of drug-likeness (QED) is 0.816. The molecule has 0 aliphatic rings. The zero-order valence-corrected chi connectivity index (χ0v) is 9.54. The molecule has 0 amide bonds. The van der Waals surface area contributed by atoms with Gasteiger partial charge in [-0.2, -0.15) is 0 Å². The molecule has 13 heavy (non-hydrogen) atoms. The van der Waals surface area contributed by atoms with Crippen LogP contribution in [0.3, 0.4) is 0 Å². The number of aliphatic hydroxyl groups is 1. The van der Waals surface area contributed by atoms with Crippen LogP contribution in [0, 0.1) is 13.8 Å². The summed E-state index contributed by atoms with van der Waals surface area (Å²) in [4.78, 5) is 2.61. The molecule has 1 unspecified atom stereocenters. The predicted octanol–water partition coefficient (Wildman–Crippen LogP) is 1.65. The molecule has 0 spiro atoms. The van der Waals surface area contributed by atoms with Gasteiger partial charge >= 0.3 is 0 Å². The van der Waals surface area contributed by atoms with E-state index in [4.69, 9.17) is 10.8 Å². The number of halogens is 1. The fourth-order valence-electron chi connectivity index (χ4n) is 1.07. The van der Waals surface area contributed by atoms with Crippen molar-refractivity contribution in [3.8, 4) is 0 Å². The minimum absolute atomic E-state index is 0. The average Bonchev–Trinajstić information content (AvgIpc) is 2.31. The van der Waals surface area contributed by atoms with Crippen molar-refractivity contribution in [1.82, 2.24) is 0 Å². The van der Waals surface area contributed by atoms with Crippen molar-refractivity contribution in [2.45, 2.75) is 26.3 Å². The van der Waals surface area contributed by atoms with Crippen LogP contribution < -0.4 is 5.73 Å². The summed E-state index contributed by atoms with van der Waals surface area (Å²) in [7, 11) is 0. The third-order valence-corrected chi connectivity index (χ3v) is 3.09. The van der Waals surface area contributed by atoms with E-state index in [1.165, 1.54) is 15.3 Å². The van der Waals surface area contributed by atoms with E-state index in [1.54, 1.807) is 11.3 Å². The zero-order valence-electron chi connectivity index (χ0n) is 7.91. The van der Waals surface area contributed by atoms with Crippen LogP contribution in [0.4, 0.5) is 0 Å². The summed E-state index contributed by atoms with van der Waals surface area (Å²) < 4.78 is 0. The third kappa shape index (κ3) is 3.65. The standard InChI is InChI=1S/C9H15NOS.ClH/c1-6-3-9(12-7(6)2)4-8(10)5-11;/h3,8,11H,4-5,10H2,1-2H3;1H. The molecule has 2 nitrogen and oxygen atoms in total. The lowest BCUT2D eigenvalue weighted by molar-refractivity contribution is 0.265. The van der Waals surface area contributed by atoms with Crippen LogP contribution in [0.2, 0.25) is 0 Å². The maximum absolute atomic E-state index is 8.75. The van der Waals surface area contributed by atoms with Crippen molar-refractivity contribution in [3.63, 3.8) is 0 Å². The molecule has 0 radical (unpaired) electrons. The van der Waals surface area contributed by atoms with Gasteiger partial charge in [0.05, 0.1) is 6.61 Å². The Morgan fingerprint density at radius 1 is 1.54 bits per heavy atom. The Bertz CT molecular complexity index is 243. The molecule has 1 aromatic rings. The van der Waals surface area contributed by atoms with Crippen molar-refractivity contribution < 1.29 is 5.11 Å². The van der Waals surface area contributed by atoms with Crippen LogP contribution in [0.25, 0.3) is 0 Å². The van der Waals surface area contributed by atoms with E-state index in [9.17, 15) is 0 Å². The van der Waals surface area contributed by atoms with Gasteiger partial charge < -0.3 is 10.8 Å². The van der Waals surface area contributed by atoms with E-state index < -0.39 is 0 Å². The molecule has 1 heterocycles. The molecule has 4 heteroatoms. The van der Waals surface area contributed by atoms with E-state index in [1.807, 2.05) is 0 Å². The highest BCUT2D eigenvalue weighted by atomic mass is 35.5. The van der Waals surface area contributed by atoms with Crippen LogP contribution in [-0.4, -0.2) is 17.8 Å². The maximum Gasteiger partial charge on any atom is 0.0586 e. The fraction of sp³-hybridized carbons (Fsp3) is 0.556. The second-order valence-corrected chi connectivity index (χ2v) is 4.44. The lowest BCUT2D eigenvalue weighted by atomic mass is 10.2. The van der Waals surface area contributed by atoms with Gasteiger partial charge in [0.1, 0.15) is 0 Å². The van der Waals surface area contributed by atoms with Crippen molar-refractivity contribution in [3.05, 3.63) is 21.4 Å². The lowest BCUT2D eigenvalue weighted by Gasteiger charge is -2.04. The Hall–Kier alpha value is -0.0900. The smallest absolute Gasteiger partial charge is 0.0586 e. The molecule has 1 rings (SSSR count). The van der Waals surface area contributed by atoms with Crippen LogP contribution in [-0.2, 0) is 6.42 Å². The fourth-order valence-corrected chi connectivity index (χ4v) is 2.22. The molecule has 0 aliphatic carbocycles. The first-order valence-electron chi connectivity index (χ1n) is 4.06. The Labute approximate surface area is 89.2 Å². The molecule has 0 saturated carbocycles. The van der Waals surface area contributed by atoms with Gasteiger partial charge in [0.15, 0.2) is 0 Å². The van der Waals surface area contributed by atoms with Gasteiger partial charge in [-0.25, -0.2) is 0 Å². The Kier molecular flexibility index (Phi) is 5.56. The number of hydrogen-bond donors (Lipinski definition) is 2. The summed E-state index contributed by atoms with van der Waals surface area (Å²) in [6, 6.07) is 2.04. The summed E-state index contributed by atoms with van der Waals surface area (Å²) in [6.45, 7) is 4.27. The molecule has 0 fully saturated rings. The number of rotatable bonds is 3. The van der Waals surface area contributed by atoms with Gasteiger partial charge in [0, 0.05) is 15.8 Å². The number of hydrogen-bond acceptors (Lipinski definition) is 3. The van der Waals surface area contributed by atoms with Gasteiger partial charge in [0.2, 0.25) is 0 Å². The molecule has 0 saturated heterocycles. The molecular weight excluding hydrogens is 206 g/mol. The minimum Gasteiger partial charge on any atom is -0.395 e. The zero-order chi connectivity index (χ0) is 9.14. The van der Waals surface area contributed by atoms with Crippen LogP contribution in [0.1, 0.15) is 15.3 Å². The largest absolute Gasteiger partial charge is 0.395 e. The first kappa shape index (κ1) is 12.9. The molecular formula is C9H16ClNOS. The highest BCUT2D eigenvalue weighted by Gasteiger charge is 2.05. The van der Waals surface area contributed by atoms with E-state index in [2.05, 4.69) is 19.9 Å². The lowest BCUT2D eigenvalue weighted by Crippen LogP contribution is -2.26. The van der Waals surface area contributed by atoms with Crippen LogP contribution in [0.15, 0.2) is 6.07 Å². The van der Waals surface area contributed by atoms with Gasteiger partial charge in [-0.05, 0) is 31.9 Å². The Morgan fingerprint density at radius 3 is 2.54 bits per heavy atom. The molecule has 1 atom stereocenters. The Morgan fingerprint density at radius 2 is 2.15 bits per heavy atom. The summed E-state index contributed by atoms with van der Waals surface area (Å²) in [5, 5.41) is 8.75. The number of aliphatic hydroxyl groups excluding tert-OH is 1. The maximum atomic E-state index is 8.75. The molecule has 0 aromatic carbocycles. The minimum atomic E-state index is -0.109. The predicted molar refractivity (Wildman–Crippen MR) is 59.8 cm³/mol. The Balaban J connectivity index is 0.00000144. The molecule has 76 valence electrons. The summed E-state index contributed by atoms with van der Waals surface area (Å²) in [6.07, 6.45) is 0.788. The van der Waals surface area contributed by atoms with Crippen molar-refractivity contribution in [2.75, 3.05) is 6.61 Å². The second kappa shape index (κ2) is 5.60. The van der Waals surface area contributed by atoms with E-state index in [-0.39, 0.29) is 25.1 Å². The summed E-state index contributed by atoms with van der Waals surface area (Å²) >= 11 is 1.77. The molecule has 1 aromatic heterocycles. The summed E-state index contributed by atoms with van der Waals surface area (Å²) in [5.41, 5.74) is 6.94.